The lowest BCUT2D eigenvalue weighted by Gasteiger charge is -2.29. The van der Waals surface area contributed by atoms with Gasteiger partial charge in [0, 0.05) is 6.54 Å². The molecule has 0 N–H and O–H groups in total. The molecule has 0 rings (SSSR count). The Morgan fingerprint density at radius 2 is 1.92 bits per heavy atom. The van der Waals surface area contributed by atoms with Gasteiger partial charge in [0.15, 0.2) is 0 Å². The van der Waals surface area contributed by atoms with E-state index < -0.39 is 0 Å². The highest BCUT2D eigenvalue weighted by molar-refractivity contribution is 4.90. The van der Waals surface area contributed by atoms with Crippen molar-refractivity contribution in [1.29, 1.82) is 5.26 Å². The van der Waals surface area contributed by atoms with E-state index in [0.717, 1.165) is 13.0 Å². The van der Waals surface area contributed by atoms with Crippen molar-refractivity contribution in [2.24, 2.45) is 5.41 Å². The molecule has 0 aliphatic heterocycles. The molecule has 0 aromatic carbocycles. The Balaban J connectivity index is 4.04. The maximum Gasteiger partial charge on any atom is 0.0972 e. The van der Waals surface area contributed by atoms with E-state index >= 15 is 0 Å². The summed E-state index contributed by atoms with van der Waals surface area (Å²) in [6, 6.07) is 2.37. The van der Waals surface area contributed by atoms with Gasteiger partial charge in [0.05, 0.1) is 12.1 Å². The van der Waals surface area contributed by atoms with E-state index in [1.807, 2.05) is 14.0 Å². The van der Waals surface area contributed by atoms with E-state index in [1.54, 1.807) is 0 Å². The molecule has 0 fully saturated rings. The summed E-state index contributed by atoms with van der Waals surface area (Å²) in [6.07, 6.45) is 0.906. The van der Waals surface area contributed by atoms with Gasteiger partial charge in [0.1, 0.15) is 0 Å². The Labute approximate surface area is 76.2 Å². The number of hydrogen-bond donors (Lipinski definition) is 0. The Hall–Kier alpha value is -0.550. The lowest BCUT2D eigenvalue weighted by Crippen LogP contribution is -2.36. The lowest BCUT2D eigenvalue weighted by molar-refractivity contribution is 0.196. The Bertz CT molecular complexity index is 162. The molecule has 0 spiro atoms. The number of nitrogens with zero attached hydrogens (tertiary/aromatic N) is 2. The van der Waals surface area contributed by atoms with Gasteiger partial charge in [-0.05, 0) is 18.9 Å². The highest BCUT2D eigenvalue weighted by Gasteiger charge is 2.18. The molecule has 0 heterocycles. The van der Waals surface area contributed by atoms with Crippen LogP contribution in [0.1, 0.15) is 34.1 Å². The monoisotopic (exact) mass is 168 g/mol. The molecule has 0 aliphatic rings. The predicted octanol–water partition coefficient (Wildman–Crippen LogP) is 2.27. The fraction of sp³-hybridized carbons (Fsp3) is 0.900. The summed E-state index contributed by atoms with van der Waals surface area (Å²) in [5.74, 6) is 0. The van der Waals surface area contributed by atoms with Crippen LogP contribution in [0.3, 0.4) is 0 Å². The maximum absolute atomic E-state index is 8.80. The molecular formula is C10H20N2. The summed E-state index contributed by atoms with van der Waals surface area (Å²) < 4.78 is 0. The summed E-state index contributed by atoms with van der Waals surface area (Å²) >= 11 is 0. The van der Waals surface area contributed by atoms with Gasteiger partial charge in [0.25, 0.3) is 0 Å². The smallest absolute Gasteiger partial charge is 0.0972 e. The number of rotatable bonds is 3. The van der Waals surface area contributed by atoms with Crippen LogP contribution in [-0.4, -0.2) is 24.5 Å². The summed E-state index contributed by atoms with van der Waals surface area (Å²) in [4.78, 5) is 2.12. The third-order valence-electron chi connectivity index (χ3n) is 1.79. The number of nitriles is 1. The van der Waals surface area contributed by atoms with Crippen molar-refractivity contribution in [3.05, 3.63) is 0 Å². The van der Waals surface area contributed by atoms with Crippen LogP contribution >= 0.6 is 0 Å². The Morgan fingerprint density at radius 3 is 2.17 bits per heavy atom. The van der Waals surface area contributed by atoms with Crippen LogP contribution in [-0.2, 0) is 0 Å². The molecule has 0 aliphatic carbocycles. The zero-order chi connectivity index (χ0) is 9.78. The lowest BCUT2D eigenvalue weighted by atomic mass is 9.95. The highest BCUT2D eigenvalue weighted by Crippen LogP contribution is 2.16. The van der Waals surface area contributed by atoms with E-state index in [2.05, 4.69) is 31.7 Å². The summed E-state index contributed by atoms with van der Waals surface area (Å²) in [6.45, 7) is 9.58. The molecule has 0 bridgehead atoms. The van der Waals surface area contributed by atoms with Crippen molar-refractivity contribution in [1.82, 2.24) is 4.90 Å². The van der Waals surface area contributed by atoms with Gasteiger partial charge in [0.2, 0.25) is 0 Å². The van der Waals surface area contributed by atoms with Crippen LogP contribution < -0.4 is 0 Å². The molecular weight excluding hydrogens is 148 g/mol. The molecule has 2 heteroatoms. The molecule has 0 saturated heterocycles. The fourth-order valence-corrected chi connectivity index (χ4v) is 1.36. The van der Waals surface area contributed by atoms with E-state index in [-0.39, 0.29) is 11.5 Å². The molecule has 0 aromatic heterocycles. The van der Waals surface area contributed by atoms with Crippen LogP contribution in [0.4, 0.5) is 0 Å². The molecule has 0 aromatic rings. The topological polar surface area (TPSA) is 27.0 Å². The normalized spacial score (nSPS) is 14.4. The third kappa shape index (κ3) is 4.35. The molecule has 1 atom stereocenters. The van der Waals surface area contributed by atoms with Crippen LogP contribution in [0.2, 0.25) is 0 Å². The fourth-order valence-electron chi connectivity index (χ4n) is 1.36. The second-order valence-electron chi connectivity index (χ2n) is 4.53. The molecule has 0 saturated carbocycles. The summed E-state index contributed by atoms with van der Waals surface area (Å²) in [5.41, 5.74) is 0.277. The molecule has 0 radical (unpaired) electrons. The van der Waals surface area contributed by atoms with E-state index in [4.69, 9.17) is 5.26 Å². The van der Waals surface area contributed by atoms with Crippen molar-refractivity contribution in [3.63, 3.8) is 0 Å². The SMILES string of the molecule is CCC(C#N)N(C)CC(C)(C)C. The minimum absolute atomic E-state index is 0.0734. The van der Waals surface area contributed by atoms with Gasteiger partial charge < -0.3 is 0 Å². The van der Waals surface area contributed by atoms with Crippen molar-refractivity contribution in [2.45, 2.75) is 40.2 Å². The van der Waals surface area contributed by atoms with Crippen molar-refractivity contribution in [3.8, 4) is 6.07 Å². The maximum atomic E-state index is 8.80. The zero-order valence-electron chi connectivity index (χ0n) is 8.89. The van der Waals surface area contributed by atoms with Gasteiger partial charge in [-0.1, -0.05) is 27.7 Å². The van der Waals surface area contributed by atoms with Crippen LogP contribution in [0.25, 0.3) is 0 Å². The van der Waals surface area contributed by atoms with Gasteiger partial charge in [-0.25, -0.2) is 0 Å². The van der Waals surface area contributed by atoms with Gasteiger partial charge in [-0.15, -0.1) is 0 Å². The Kier molecular flexibility index (Phi) is 4.26. The first-order valence-corrected chi connectivity index (χ1v) is 4.50. The van der Waals surface area contributed by atoms with Crippen molar-refractivity contribution >= 4 is 0 Å². The van der Waals surface area contributed by atoms with Gasteiger partial charge in [-0.2, -0.15) is 5.26 Å². The minimum Gasteiger partial charge on any atom is -0.291 e. The van der Waals surface area contributed by atoms with E-state index in [9.17, 15) is 0 Å². The highest BCUT2D eigenvalue weighted by atomic mass is 15.1. The zero-order valence-corrected chi connectivity index (χ0v) is 8.89. The molecule has 2 nitrogen and oxygen atoms in total. The summed E-state index contributed by atoms with van der Waals surface area (Å²) in [5, 5.41) is 8.80. The predicted molar refractivity (Wildman–Crippen MR) is 51.8 cm³/mol. The first kappa shape index (κ1) is 11.4. The summed E-state index contributed by atoms with van der Waals surface area (Å²) in [7, 11) is 2.02. The van der Waals surface area contributed by atoms with Crippen LogP contribution in [0, 0.1) is 16.7 Å². The average Bonchev–Trinajstić information content (AvgIpc) is 1.85. The second kappa shape index (κ2) is 4.47. The molecule has 0 amide bonds. The van der Waals surface area contributed by atoms with Crippen molar-refractivity contribution in [2.75, 3.05) is 13.6 Å². The van der Waals surface area contributed by atoms with Crippen LogP contribution in [0.15, 0.2) is 0 Å². The van der Waals surface area contributed by atoms with Gasteiger partial charge in [-0.3, -0.25) is 4.90 Å². The largest absolute Gasteiger partial charge is 0.291 e. The number of hydrogen-bond acceptors (Lipinski definition) is 2. The first-order valence-electron chi connectivity index (χ1n) is 4.50. The quantitative estimate of drug-likeness (QED) is 0.646. The van der Waals surface area contributed by atoms with E-state index in [0.29, 0.717) is 0 Å². The van der Waals surface area contributed by atoms with Crippen molar-refractivity contribution < 1.29 is 0 Å². The second-order valence-corrected chi connectivity index (χ2v) is 4.53. The standard InChI is InChI=1S/C10H20N2/c1-6-9(7-11)12(5)8-10(2,3)4/h9H,6,8H2,1-5H3. The van der Waals surface area contributed by atoms with E-state index in [1.165, 1.54) is 0 Å². The third-order valence-corrected chi connectivity index (χ3v) is 1.79. The minimum atomic E-state index is 0.0734. The Morgan fingerprint density at radius 1 is 1.42 bits per heavy atom. The van der Waals surface area contributed by atoms with Gasteiger partial charge >= 0.3 is 0 Å². The molecule has 1 unspecified atom stereocenters. The molecule has 70 valence electrons. The average molecular weight is 168 g/mol. The van der Waals surface area contributed by atoms with Crippen LogP contribution in [0.5, 0.6) is 0 Å². The first-order chi connectivity index (χ1) is 5.40. The molecule has 12 heavy (non-hydrogen) atoms.